The summed E-state index contributed by atoms with van der Waals surface area (Å²) in [4.78, 5) is 17.3. The molecular formula is C31H24ClIN4O3S. The van der Waals surface area contributed by atoms with Crippen LogP contribution in [0.2, 0.25) is 5.02 Å². The Morgan fingerprint density at radius 3 is 2.61 bits per heavy atom. The number of carbonyl (C=O) groups excluding carboxylic acids is 1. The summed E-state index contributed by atoms with van der Waals surface area (Å²) in [5, 5.41) is 10.9. The first-order chi connectivity index (χ1) is 20.0. The van der Waals surface area contributed by atoms with Crippen LogP contribution in [0.4, 0.5) is 10.8 Å². The lowest BCUT2D eigenvalue weighted by molar-refractivity contribution is 0.0955. The standard InChI is InChI=1S/C31H24ClIN4O3S/c1-39-28-16-21(15-26(33)29(28)40-18-20-6-5-7-24(32)14-20)17-34-37-30(38)23-12-10-22(11-13-23)27-19-41-31(36-27)35-25-8-3-2-4-9-25/h2-17,19H,18H2,1H3,(H,35,36)(H,37,38)/b34-17-. The molecule has 0 saturated heterocycles. The molecule has 0 saturated carbocycles. The molecule has 1 aromatic heterocycles. The first-order valence-electron chi connectivity index (χ1n) is 12.4. The van der Waals surface area contributed by atoms with Crippen molar-refractivity contribution < 1.29 is 14.3 Å². The third-order valence-electron chi connectivity index (χ3n) is 5.88. The van der Waals surface area contributed by atoms with Crippen molar-refractivity contribution in [3.8, 4) is 22.8 Å². The quantitative estimate of drug-likeness (QED) is 0.0876. The maximum Gasteiger partial charge on any atom is 0.271 e. The van der Waals surface area contributed by atoms with E-state index < -0.39 is 0 Å². The van der Waals surface area contributed by atoms with Crippen LogP contribution >= 0.6 is 45.5 Å². The molecule has 0 radical (unpaired) electrons. The fourth-order valence-electron chi connectivity index (χ4n) is 3.87. The molecule has 206 valence electrons. The topological polar surface area (TPSA) is 84.8 Å². The number of benzene rings is 4. The van der Waals surface area contributed by atoms with Gasteiger partial charge < -0.3 is 14.8 Å². The summed E-state index contributed by atoms with van der Waals surface area (Å²) < 4.78 is 12.4. The minimum Gasteiger partial charge on any atom is -0.493 e. The summed E-state index contributed by atoms with van der Waals surface area (Å²) in [7, 11) is 1.58. The first-order valence-corrected chi connectivity index (χ1v) is 14.8. The van der Waals surface area contributed by atoms with Crippen molar-refractivity contribution in [3.63, 3.8) is 0 Å². The summed E-state index contributed by atoms with van der Waals surface area (Å²) in [6.45, 7) is 0.351. The Hall–Kier alpha value is -3.93. The number of nitrogens with one attached hydrogen (secondary N) is 2. The maximum atomic E-state index is 12.7. The van der Waals surface area contributed by atoms with Crippen LogP contribution in [0.15, 0.2) is 101 Å². The maximum absolute atomic E-state index is 12.7. The molecule has 1 amide bonds. The van der Waals surface area contributed by atoms with Gasteiger partial charge in [-0.25, -0.2) is 10.4 Å². The van der Waals surface area contributed by atoms with Gasteiger partial charge in [0, 0.05) is 27.2 Å². The third kappa shape index (κ3) is 7.63. The molecule has 0 unspecified atom stereocenters. The van der Waals surface area contributed by atoms with E-state index in [1.165, 1.54) is 11.3 Å². The fourth-order valence-corrected chi connectivity index (χ4v) is 5.60. The second-order valence-electron chi connectivity index (χ2n) is 8.76. The monoisotopic (exact) mass is 694 g/mol. The molecule has 10 heteroatoms. The van der Waals surface area contributed by atoms with Gasteiger partial charge in [0.05, 0.1) is 22.6 Å². The Morgan fingerprint density at radius 1 is 1.05 bits per heavy atom. The number of para-hydroxylation sites is 1. The highest BCUT2D eigenvalue weighted by Crippen LogP contribution is 2.34. The van der Waals surface area contributed by atoms with E-state index in [1.807, 2.05) is 78.2 Å². The fraction of sp³-hybridized carbons (Fsp3) is 0.0645. The van der Waals surface area contributed by atoms with E-state index >= 15 is 0 Å². The number of hydrogen-bond acceptors (Lipinski definition) is 7. The smallest absolute Gasteiger partial charge is 0.271 e. The number of rotatable bonds is 10. The predicted octanol–water partition coefficient (Wildman–Crippen LogP) is 8.16. The van der Waals surface area contributed by atoms with Crippen LogP contribution in [0, 0.1) is 3.57 Å². The Bertz CT molecular complexity index is 1680. The van der Waals surface area contributed by atoms with Gasteiger partial charge in [-0.3, -0.25) is 4.79 Å². The molecule has 41 heavy (non-hydrogen) atoms. The number of amides is 1. The molecule has 5 aromatic rings. The Balaban J connectivity index is 1.19. The highest BCUT2D eigenvalue weighted by atomic mass is 127. The van der Waals surface area contributed by atoms with Gasteiger partial charge in [-0.15, -0.1) is 11.3 Å². The third-order valence-corrected chi connectivity index (χ3v) is 7.67. The zero-order valence-electron chi connectivity index (χ0n) is 21.8. The molecule has 1 heterocycles. The van der Waals surface area contributed by atoms with Crippen LogP contribution in [-0.4, -0.2) is 24.2 Å². The van der Waals surface area contributed by atoms with Crippen molar-refractivity contribution in [1.29, 1.82) is 0 Å². The number of ether oxygens (including phenoxy) is 2. The van der Waals surface area contributed by atoms with E-state index in [0.717, 1.165) is 36.8 Å². The molecule has 0 aliphatic carbocycles. The van der Waals surface area contributed by atoms with Crippen molar-refractivity contribution in [3.05, 3.63) is 122 Å². The number of thiazole rings is 1. The van der Waals surface area contributed by atoms with Crippen LogP contribution in [0.5, 0.6) is 11.5 Å². The lowest BCUT2D eigenvalue weighted by Crippen LogP contribution is -2.17. The number of nitrogens with zero attached hydrogens (tertiary/aromatic N) is 2. The van der Waals surface area contributed by atoms with E-state index in [-0.39, 0.29) is 5.91 Å². The van der Waals surface area contributed by atoms with Crippen molar-refractivity contribution in [2.45, 2.75) is 6.61 Å². The number of carbonyl (C=O) groups is 1. The van der Waals surface area contributed by atoms with Crippen molar-refractivity contribution >= 4 is 68.5 Å². The largest absolute Gasteiger partial charge is 0.493 e. The van der Waals surface area contributed by atoms with Gasteiger partial charge in [0.15, 0.2) is 16.6 Å². The van der Waals surface area contributed by atoms with Crippen molar-refractivity contribution in [1.82, 2.24) is 10.4 Å². The average molecular weight is 695 g/mol. The molecule has 0 bridgehead atoms. The highest BCUT2D eigenvalue weighted by molar-refractivity contribution is 14.1. The van der Waals surface area contributed by atoms with E-state index in [2.05, 4.69) is 43.4 Å². The molecule has 7 nitrogen and oxygen atoms in total. The minimum absolute atomic E-state index is 0.319. The molecule has 4 aromatic carbocycles. The lowest BCUT2D eigenvalue weighted by Gasteiger charge is -2.13. The van der Waals surface area contributed by atoms with E-state index in [0.29, 0.717) is 28.7 Å². The Kier molecular flexibility index (Phi) is 9.50. The van der Waals surface area contributed by atoms with Gasteiger partial charge in [0.25, 0.3) is 5.91 Å². The molecule has 5 rings (SSSR count). The molecule has 2 N–H and O–H groups in total. The molecule has 0 aliphatic heterocycles. The average Bonchev–Trinajstić information content (AvgIpc) is 3.45. The molecular weight excluding hydrogens is 671 g/mol. The number of anilines is 2. The van der Waals surface area contributed by atoms with Crippen LogP contribution in [0.1, 0.15) is 21.5 Å². The SMILES string of the molecule is COc1cc(/C=N\NC(=O)c2ccc(-c3csc(Nc4ccccc4)n3)cc2)cc(I)c1OCc1cccc(Cl)c1. The van der Waals surface area contributed by atoms with Gasteiger partial charge in [-0.2, -0.15) is 5.10 Å². The number of hydrazone groups is 1. The number of hydrogen-bond donors (Lipinski definition) is 2. The van der Waals surface area contributed by atoms with E-state index in [9.17, 15) is 4.79 Å². The number of methoxy groups -OCH3 is 1. The van der Waals surface area contributed by atoms with Gasteiger partial charge >= 0.3 is 0 Å². The van der Waals surface area contributed by atoms with Gasteiger partial charge in [-0.05, 0) is 82.2 Å². The Labute approximate surface area is 260 Å². The van der Waals surface area contributed by atoms with Gasteiger partial charge in [-0.1, -0.05) is 54.1 Å². The zero-order chi connectivity index (χ0) is 28.6. The summed E-state index contributed by atoms with van der Waals surface area (Å²) in [5.41, 5.74) is 7.50. The zero-order valence-corrected chi connectivity index (χ0v) is 25.5. The second kappa shape index (κ2) is 13.6. The molecule has 0 fully saturated rings. The van der Waals surface area contributed by atoms with Crippen molar-refractivity contribution in [2.75, 3.05) is 12.4 Å². The van der Waals surface area contributed by atoms with Crippen LogP contribution < -0.4 is 20.2 Å². The van der Waals surface area contributed by atoms with E-state index in [1.54, 1.807) is 31.5 Å². The van der Waals surface area contributed by atoms with Crippen LogP contribution in [-0.2, 0) is 6.61 Å². The predicted molar refractivity (Wildman–Crippen MR) is 174 cm³/mol. The summed E-state index contributed by atoms with van der Waals surface area (Å²) in [6.07, 6.45) is 1.56. The molecule has 0 spiro atoms. The molecule has 0 aliphatic rings. The normalized spacial score (nSPS) is 10.9. The number of aromatic nitrogens is 1. The van der Waals surface area contributed by atoms with Gasteiger partial charge in [0.2, 0.25) is 0 Å². The van der Waals surface area contributed by atoms with E-state index in [4.69, 9.17) is 21.1 Å². The second-order valence-corrected chi connectivity index (χ2v) is 11.2. The summed E-state index contributed by atoms with van der Waals surface area (Å²) in [5.74, 6) is 0.865. The number of halogens is 2. The van der Waals surface area contributed by atoms with Gasteiger partial charge in [0.1, 0.15) is 6.61 Å². The molecule has 0 atom stereocenters. The highest BCUT2D eigenvalue weighted by Gasteiger charge is 2.12. The first kappa shape index (κ1) is 28.6. The van der Waals surface area contributed by atoms with Crippen molar-refractivity contribution in [2.24, 2.45) is 5.10 Å². The van der Waals surface area contributed by atoms with Crippen LogP contribution in [0.3, 0.4) is 0 Å². The lowest BCUT2D eigenvalue weighted by atomic mass is 10.1. The summed E-state index contributed by atoms with van der Waals surface area (Å²) >= 11 is 9.78. The minimum atomic E-state index is -0.319. The summed E-state index contributed by atoms with van der Waals surface area (Å²) in [6, 6.07) is 28.3. The van der Waals surface area contributed by atoms with Crippen LogP contribution in [0.25, 0.3) is 11.3 Å². The Morgan fingerprint density at radius 2 is 1.85 bits per heavy atom.